The van der Waals surface area contributed by atoms with E-state index in [1.807, 2.05) is 0 Å². The van der Waals surface area contributed by atoms with Crippen LogP contribution in [0.25, 0.3) is 0 Å². The number of rotatable bonds is 1. The van der Waals surface area contributed by atoms with E-state index in [1.54, 1.807) is 18.5 Å². The molecular weight excluding hydrogens is 226 g/mol. The van der Waals surface area contributed by atoms with Gasteiger partial charge in [-0.3, -0.25) is 4.57 Å². The van der Waals surface area contributed by atoms with Crippen LogP contribution in [-0.2, 0) is 0 Å². The van der Waals surface area contributed by atoms with Crippen LogP contribution in [0.15, 0.2) is 18.5 Å². The van der Waals surface area contributed by atoms with Crippen molar-refractivity contribution in [1.82, 2.24) is 15.2 Å². The fourth-order valence-corrected chi connectivity index (χ4v) is 2.90. The summed E-state index contributed by atoms with van der Waals surface area (Å²) in [5.74, 6) is 0.597. The number of nitrogens with one attached hydrogen (secondary N) is 2. The third kappa shape index (κ3) is 1.72. The summed E-state index contributed by atoms with van der Waals surface area (Å²) in [4.78, 5) is 11.9. The second-order valence-corrected chi connectivity index (χ2v) is 5.07. The molecule has 1 aromatic rings. The van der Waals surface area contributed by atoms with E-state index in [0.717, 1.165) is 13.0 Å². The Hall–Kier alpha value is -1.00. The first-order valence-electron chi connectivity index (χ1n) is 5.60. The highest BCUT2D eigenvalue weighted by molar-refractivity contribution is 6.30. The Morgan fingerprint density at radius 3 is 3.00 bits per heavy atom. The fourth-order valence-electron chi connectivity index (χ4n) is 2.74. The van der Waals surface area contributed by atoms with Gasteiger partial charge in [-0.15, -0.1) is 0 Å². The molecule has 2 aliphatic rings. The smallest absolute Gasteiger partial charge is 0.325 e. The van der Waals surface area contributed by atoms with Gasteiger partial charge < -0.3 is 10.6 Å². The van der Waals surface area contributed by atoms with E-state index in [2.05, 4.69) is 10.6 Å². The van der Waals surface area contributed by atoms with Crippen LogP contribution in [-0.4, -0.2) is 29.2 Å². The molecule has 1 saturated carbocycles. The monoisotopic (exact) mass is 239 g/mol. The van der Waals surface area contributed by atoms with Gasteiger partial charge in [-0.1, -0.05) is 11.6 Å². The molecule has 86 valence electrons. The predicted molar refractivity (Wildman–Crippen MR) is 61.7 cm³/mol. The van der Waals surface area contributed by atoms with Gasteiger partial charge in [-0.2, -0.15) is 0 Å². The lowest BCUT2D eigenvalue weighted by atomic mass is 10.0. The van der Waals surface area contributed by atoms with Gasteiger partial charge >= 0.3 is 6.03 Å². The van der Waals surface area contributed by atoms with Crippen LogP contribution >= 0.6 is 11.6 Å². The van der Waals surface area contributed by atoms with Gasteiger partial charge in [0.25, 0.3) is 0 Å². The first-order chi connectivity index (χ1) is 7.72. The second-order valence-electron chi connectivity index (χ2n) is 4.63. The van der Waals surface area contributed by atoms with Crippen molar-refractivity contribution in [1.29, 1.82) is 0 Å². The summed E-state index contributed by atoms with van der Waals surface area (Å²) in [5.41, 5.74) is 0. The average molecular weight is 240 g/mol. The molecule has 16 heavy (non-hydrogen) atoms. The Bertz CT molecular complexity index is 417. The maximum absolute atomic E-state index is 11.9. The molecule has 3 atom stereocenters. The summed E-state index contributed by atoms with van der Waals surface area (Å²) >= 11 is 5.77. The molecular formula is C11H14ClN3O. The number of hydrogen-bond acceptors (Lipinski definition) is 2. The van der Waals surface area contributed by atoms with Crippen LogP contribution in [0.4, 0.5) is 4.79 Å². The van der Waals surface area contributed by atoms with Crippen LogP contribution < -0.4 is 10.6 Å². The summed E-state index contributed by atoms with van der Waals surface area (Å²) in [6, 6.07) is 2.55. The van der Waals surface area contributed by atoms with E-state index >= 15 is 0 Å². The van der Waals surface area contributed by atoms with Crippen LogP contribution in [0.5, 0.6) is 0 Å². The van der Waals surface area contributed by atoms with Crippen molar-refractivity contribution < 1.29 is 4.79 Å². The molecule has 3 rings (SSSR count). The Labute approximate surface area is 99.0 Å². The van der Waals surface area contributed by atoms with Crippen molar-refractivity contribution in [2.24, 2.45) is 5.92 Å². The minimum Gasteiger partial charge on any atom is -0.334 e. The fraction of sp³-hybridized carbons (Fsp3) is 0.545. The number of nitrogens with zero attached hydrogens (tertiary/aromatic N) is 1. The van der Waals surface area contributed by atoms with E-state index in [-0.39, 0.29) is 6.03 Å². The van der Waals surface area contributed by atoms with E-state index in [9.17, 15) is 4.79 Å². The van der Waals surface area contributed by atoms with Crippen molar-refractivity contribution in [3.63, 3.8) is 0 Å². The molecule has 5 heteroatoms. The Morgan fingerprint density at radius 1 is 1.56 bits per heavy atom. The molecule has 4 nitrogen and oxygen atoms in total. The number of amides is 1. The van der Waals surface area contributed by atoms with Crippen molar-refractivity contribution in [2.45, 2.75) is 24.9 Å². The van der Waals surface area contributed by atoms with Crippen LogP contribution in [0.3, 0.4) is 0 Å². The van der Waals surface area contributed by atoms with Gasteiger partial charge in [0.2, 0.25) is 0 Å². The first-order valence-corrected chi connectivity index (χ1v) is 5.98. The molecule has 1 aromatic heterocycles. The number of piperidine rings is 1. The van der Waals surface area contributed by atoms with Gasteiger partial charge in [-0.25, -0.2) is 4.79 Å². The summed E-state index contributed by atoms with van der Waals surface area (Å²) < 4.78 is 1.50. The van der Waals surface area contributed by atoms with E-state index in [1.165, 1.54) is 11.0 Å². The Kier molecular flexibility index (Phi) is 2.41. The number of fused-ring (bicyclic) bond motifs is 2. The lowest BCUT2D eigenvalue weighted by Crippen LogP contribution is -2.45. The standard InChI is InChI=1S/C11H14ClN3O/c12-8-1-2-15(6-8)11(16)14-10-4-9-3-7(10)5-13-9/h1-2,6-7,9-10,13H,3-5H2,(H,14,16). The van der Waals surface area contributed by atoms with Crippen molar-refractivity contribution in [3.8, 4) is 0 Å². The van der Waals surface area contributed by atoms with E-state index < -0.39 is 0 Å². The Balaban J connectivity index is 1.65. The topological polar surface area (TPSA) is 46.1 Å². The van der Waals surface area contributed by atoms with Crippen LogP contribution in [0.2, 0.25) is 5.02 Å². The first kappa shape index (κ1) is 10.2. The minimum absolute atomic E-state index is 0.0792. The highest BCUT2D eigenvalue weighted by atomic mass is 35.5. The van der Waals surface area contributed by atoms with Crippen molar-refractivity contribution >= 4 is 17.6 Å². The molecule has 0 aromatic carbocycles. The van der Waals surface area contributed by atoms with Crippen molar-refractivity contribution in [2.75, 3.05) is 6.54 Å². The van der Waals surface area contributed by atoms with Crippen LogP contribution in [0, 0.1) is 5.92 Å². The third-order valence-electron chi connectivity index (χ3n) is 3.56. The normalized spacial score (nSPS) is 31.9. The number of aromatic nitrogens is 1. The molecule has 0 radical (unpaired) electrons. The molecule has 2 fully saturated rings. The number of carbonyl (C=O) groups excluding carboxylic acids is 1. The SMILES string of the molecule is O=C(NC1CC2CC1CN2)n1ccc(Cl)c1. The lowest BCUT2D eigenvalue weighted by Gasteiger charge is -2.23. The average Bonchev–Trinajstić information content (AvgIpc) is 2.92. The van der Waals surface area contributed by atoms with Crippen molar-refractivity contribution in [3.05, 3.63) is 23.5 Å². The molecule has 2 bridgehead atoms. The van der Waals surface area contributed by atoms with E-state index in [4.69, 9.17) is 11.6 Å². The zero-order chi connectivity index (χ0) is 11.1. The summed E-state index contributed by atoms with van der Waals surface area (Å²) in [5, 5.41) is 7.08. The second kappa shape index (κ2) is 3.79. The molecule has 1 aliphatic carbocycles. The molecule has 1 saturated heterocycles. The van der Waals surface area contributed by atoms with Gasteiger partial charge in [-0.05, 0) is 24.8 Å². The van der Waals surface area contributed by atoms with E-state index in [0.29, 0.717) is 23.0 Å². The molecule has 0 spiro atoms. The Morgan fingerprint density at radius 2 is 2.44 bits per heavy atom. The van der Waals surface area contributed by atoms with Gasteiger partial charge in [0.15, 0.2) is 0 Å². The number of carbonyl (C=O) groups is 1. The van der Waals surface area contributed by atoms with Gasteiger partial charge in [0.1, 0.15) is 0 Å². The number of halogens is 1. The van der Waals surface area contributed by atoms with Gasteiger partial charge in [0, 0.05) is 31.0 Å². The minimum atomic E-state index is -0.0792. The number of hydrogen-bond donors (Lipinski definition) is 2. The largest absolute Gasteiger partial charge is 0.334 e. The summed E-state index contributed by atoms with van der Waals surface area (Å²) in [6.07, 6.45) is 5.55. The lowest BCUT2D eigenvalue weighted by molar-refractivity contribution is 0.233. The highest BCUT2D eigenvalue weighted by Crippen LogP contribution is 2.31. The third-order valence-corrected chi connectivity index (χ3v) is 3.79. The molecule has 1 aliphatic heterocycles. The van der Waals surface area contributed by atoms with Crippen LogP contribution in [0.1, 0.15) is 12.8 Å². The zero-order valence-corrected chi connectivity index (χ0v) is 9.57. The summed E-state index contributed by atoms with van der Waals surface area (Å²) in [7, 11) is 0. The zero-order valence-electron chi connectivity index (χ0n) is 8.82. The molecule has 1 amide bonds. The predicted octanol–water partition coefficient (Wildman–Crippen LogP) is 1.45. The van der Waals surface area contributed by atoms with Gasteiger partial charge in [0.05, 0.1) is 5.02 Å². The molecule has 3 unspecified atom stereocenters. The molecule has 2 heterocycles. The maximum Gasteiger partial charge on any atom is 0.325 e. The molecule has 2 N–H and O–H groups in total. The maximum atomic E-state index is 11.9. The quantitative estimate of drug-likeness (QED) is 0.779. The highest BCUT2D eigenvalue weighted by Gasteiger charge is 2.40. The summed E-state index contributed by atoms with van der Waals surface area (Å²) in [6.45, 7) is 1.03.